The molecule has 35 heavy (non-hydrogen) atoms. The Balaban J connectivity index is 1.43. The molecule has 3 unspecified atom stereocenters. The van der Waals surface area contributed by atoms with Crippen LogP contribution >= 0.6 is 0 Å². The summed E-state index contributed by atoms with van der Waals surface area (Å²) in [5, 5.41) is 13.4. The number of para-hydroxylation sites is 3. The fourth-order valence-corrected chi connectivity index (χ4v) is 4.72. The lowest BCUT2D eigenvalue weighted by Gasteiger charge is -2.36. The van der Waals surface area contributed by atoms with Gasteiger partial charge in [0.15, 0.2) is 5.76 Å². The second-order valence-corrected chi connectivity index (χ2v) is 8.60. The van der Waals surface area contributed by atoms with Crippen LogP contribution in [0.5, 0.6) is 0 Å². The van der Waals surface area contributed by atoms with Gasteiger partial charge in [-0.2, -0.15) is 0 Å². The summed E-state index contributed by atoms with van der Waals surface area (Å²) >= 11 is 0. The molecule has 3 heterocycles. The van der Waals surface area contributed by atoms with Crippen molar-refractivity contribution in [3.63, 3.8) is 0 Å². The van der Waals surface area contributed by atoms with Crippen LogP contribution in [0.4, 0.5) is 0 Å². The molecule has 0 bridgehead atoms. The summed E-state index contributed by atoms with van der Waals surface area (Å²) < 4.78 is 17.8. The molecule has 1 aliphatic rings. The van der Waals surface area contributed by atoms with Crippen LogP contribution in [0.1, 0.15) is 37.1 Å². The lowest BCUT2D eigenvalue weighted by molar-refractivity contribution is -0.166. The van der Waals surface area contributed by atoms with Crippen LogP contribution in [0, 0.1) is 5.92 Å². The van der Waals surface area contributed by atoms with Crippen molar-refractivity contribution in [1.82, 2.24) is 15.3 Å². The fraction of sp³-hybridized carbons (Fsp3) is 0.333. The maximum absolute atomic E-state index is 13.2. The summed E-state index contributed by atoms with van der Waals surface area (Å²) in [6, 6.07) is 15.6. The van der Waals surface area contributed by atoms with Gasteiger partial charge in [0.1, 0.15) is 11.4 Å². The number of H-pyrrole nitrogens is 1. The lowest BCUT2D eigenvalue weighted by Crippen LogP contribution is -2.39. The van der Waals surface area contributed by atoms with Gasteiger partial charge in [-0.1, -0.05) is 30.3 Å². The first kappa shape index (κ1) is 23.1. The second kappa shape index (κ2) is 10.3. The number of imidazole rings is 1. The highest BCUT2D eigenvalue weighted by molar-refractivity contribution is 5.92. The number of nitrogens with one attached hydrogen (secondary N) is 2. The third kappa shape index (κ3) is 4.80. The summed E-state index contributed by atoms with van der Waals surface area (Å²) in [6.45, 7) is 2.64. The van der Waals surface area contributed by atoms with Crippen LogP contribution in [0.15, 0.2) is 71.0 Å². The zero-order valence-electron chi connectivity index (χ0n) is 19.6. The van der Waals surface area contributed by atoms with Crippen LogP contribution < -0.4 is 5.32 Å². The number of fused-ring (bicyclic) bond motifs is 2. The molecule has 3 N–H and O–H groups in total. The number of allylic oxidation sites excluding steroid dienone is 1. The number of carbonyl (C=O) groups is 1. The molecule has 5 rings (SSSR count). The van der Waals surface area contributed by atoms with Gasteiger partial charge in [-0.15, -0.1) is 0 Å². The highest BCUT2D eigenvalue weighted by Crippen LogP contribution is 2.42. The van der Waals surface area contributed by atoms with Crippen molar-refractivity contribution >= 4 is 27.9 Å². The molecule has 0 fully saturated rings. The van der Waals surface area contributed by atoms with E-state index in [1.54, 1.807) is 6.26 Å². The Labute approximate surface area is 202 Å². The Morgan fingerprint density at radius 2 is 2.03 bits per heavy atom. The van der Waals surface area contributed by atoms with Crippen LogP contribution in [0.3, 0.4) is 0 Å². The van der Waals surface area contributed by atoms with E-state index in [-0.39, 0.29) is 36.7 Å². The predicted octanol–water partition coefficient (Wildman–Crippen LogP) is 4.37. The van der Waals surface area contributed by atoms with Crippen LogP contribution in [-0.4, -0.2) is 40.5 Å². The Bertz CT molecular complexity index is 1310. The average Bonchev–Trinajstić information content (AvgIpc) is 3.50. The smallest absolute Gasteiger partial charge is 0.286 e. The second-order valence-electron chi connectivity index (χ2n) is 8.60. The number of benzene rings is 2. The lowest BCUT2D eigenvalue weighted by atomic mass is 9.80. The molecular weight excluding hydrogens is 446 g/mol. The minimum atomic E-state index is -0.623. The zero-order valence-corrected chi connectivity index (χ0v) is 19.6. The Kier molecular flexibility index (Phi) is 6.83. The molecule has 8 heteroatoms. The number of nitrogens with zero attached hydrogens (tertiary/aromatic N) is 1. The molecule has 0 saturated carbocycles. The largest absolute Gasteiger partial charge is 0.464 e. The van der Waals surface area contributed by atoms with Gasteiger partial charge in [-0.05, 0) is 44.0 Å². The van der Waals surface area contributed by atoms with Crippen molar-refractivity contribution < 1.29 is 23.8 Å². The van der Waals surface area contributed by atoms with Gasteiger partial charge < -0.3 is 29.3 Å². The van der Waals surface area contributed by atoms with E-state index in [9.17, 15) is 9.90 Å². The van der Waals surface area contributed by atoms with E-state index in [1.807, 2.05) is 61.5 Å². The standard InChI is InChI=1S/C27H29N3O5/c1-2-33-27-18(9-7-13-31)19(20-16-34-23-12-6-3-8-17(20)23)14-24(35-27)26(32)28-15-25-29-21-10-4-5-11-22(21)30-25/h3-6,8,10-12,14,16,18-19,27,31H,2,7,9,13,15H2,1H3,(H,28,32)(H,29,30). The van der Waals surface area contributed by atoms with Gasteiger partial charge in [0.05, 0.1) is 23.8 Å². The molecule has 0 saturated heterocycles. The third-order valence-electron chi connectivity index (χ3n) is 6.36. The van der Waals surface area contributed by atoms with Gasteiger partial charge in [-0.25, -0.2) is 4.98 Å². The minimum Gasteiger partial charge on any atom is -0.464 e. The number of ether oxygens (including phenoxy) is 2. The first-order valence-corrected chi connectivity index (χ1v) is 12.0. The molecule has 1 amide bonds. The molecule has 0 radical (unpaired) electrons. The van der Waals surface area contributed by atoms with E-state index < -0.39 is 6.29 Å². The summed E-state index contributed by atoms with van der Waals surface area (Å²) in [6.07, 6.45) is 4.25. The Morgan fingerprint density at radius 1 is 1.20 bits per heavy atom. The molecule has 4 aromatic rings. The Hall–Kier alpha value is -3.62. The maximum atomic E-state index is 13.2. The Morgan fingerprint density at radius 3 is 2.86 bits per heavy atom. The third-order valence-corrected chi connectivity index (χ3v) is 6.36. The summed E-state index contributed by atoms with van der Waals surface area (Å²) in [7, 11) is 0. The molecular formula is C27H29N3O5. The highest BCUT2D eigenvalue weighted by atomic mass is 16.7. The number of aromatic amines is 1. The van der Waals surface area contributed by atoms with Gasteiger partial charge in [-0.3, -0.25) is 4.79 Å². The maximum Gasteiger partial charge on any atom is 0.286 e. The SMILES string of the molecule is CCOC1OC(C(=O)NCc2nc3ccccc3[nH]2)=CC(c2coc3ccccc23)C1CCCO. The van der Waals surface area contributed by atoms with Gasteiger partial charge in [0, 0.05) is 36.0 Å². The zero-order chi connectivity index (χ0) is 24.2. The van der Waals surface area contributed by atoms with Crippen molar-refractivity contribution in [3.05, 3.63) is 78.0 Å². The quantitative estimate of drug-likeness (QED) is 0.332. The number of aliphatic hydroxyl groups is 1. The van der Waals surface area contributed by atoms with Crippen LogP contribution in [0.25, 0.3) is 22.0 Å². The van der Waals surface area contributed by atoms with Crippen molar-refractivity contribution in [3.8, 4) is 0 Å². The summed E-state index contributed by atoms with van der Waals surface area (Å²) in [5.74, 6) is 0.261. The van der Waals surface area contributed by atoms with E-state index in [2.05, 4.69) is 15.3 Å². The molecule has 0 spiro atoms. The number of hydrogen-bond donors (Lipinski definition) is 3. The normalized spacial score (nSPS) is 20.1. The van der Waals surface area contributed by atoms with Gasteiger partial charge >= 0.3 is 0 Å². The van der Waals surface area contributed by atoms with Crippen molar-refractivity contribution in [2.75, 3.05) is 13.2 Å². The molecule has 182 valence electrons. The summed E-state index contributed by atoms with van der Waals surface area (Å²) in [4.78, 5) is 20.9. The van der Waals surface area contributed by atoms with E-state index in [0.29, 0.717) is 25.3 Å². The average molecular weight is 476 g/mol. The van der Waals surface area contributed by atoms with Crippen molar-refractivity contribution in [1.29, 1.82) is 0 Å². The van der Waals surface area contributed by atoms with Crippen molar-refractivity contribution in [2.24, 2.45) is 5.92 Å². The van der Waals surface area contributed by atoms with Crippen LogP contribution in [0.2, 0.25) is 0 Å². The topological polar surface area (TPSA) is 110 Å². The molecule has 2 aromatic carbocycles. The first-order valence-electron chi connectivity index (χ1n) is 12.0. The van der Waals surface area contributed by atoms with E-state index >= 15 is 0 Å². The number of amides is 1. The van der Waals surface area contributed by atoms with Gasteiger partial charge in [0.2, 0.25) is 6.29 Å². The van der Waals surface area contributed by atoms with E-state index in [0.717, 1.165) is 27.6 Å². The molecule has 0 aliphatic carbocycles. The van der Waals surface area contributed by atoms with Crippen molar-refractivity contribution in [2.45, 2.75) is 38.5 Å². The first-order chi connectivity index (χ1) is 17.2. The number of rotatable bonds is 9. The number of carbonyl (C=O) groups excluding carboxylic acids is 1. The molecule has 2 aromatic heterocycles. The van der Waals surface area contributed by atoms with E-state index in [4.69, 9.17) is 13.9 Å². The highest BCUT2D eigenvalue weighted by Gasteiger charge is 2.39. The number of hydrogen-bond acceptors (Lipinski definition) is 6. The molecule has 3 atom stereocenters. The molecule has 8 nitrogen and oxygen atoms in total. The fourth-order valence-electron chi connectivity index (χ4n) is 4.72. The number of aromatic nitrogens is 2. The molecule has 1 aliphatic heterocycles. The number of aliphatic hydroxyl groups excluding tert-OH is 1. The monoisotopic (exact) mass is 475 g/mol. The van der Waals surface area contributed by atoms with Crippen LogP contribution in [-0.2, 0) is 20.8 Å². The van der Waals surface area contributed by atoms with Gasteiger partial charge in [0.25, 0.3) is 5.91 Å². The summed E-state index contributed by atoms with van der Waals surface area (Å²) in [5.41, 5.74) is 3.52. The minimum absolute atomic E-state index is 0.0722. The number of furan rings is 1. The van der Waals surface area contributed by atoms with E-state index in [1.165, 1.54) is 0 Å². The predicted molar refractivity (Wildman–Crippen MR) is 131 cm³/mol.